The maximum atomic E-state index is 12.4. The van der Waals surface area contributed by atoms with Gasteiger partial charge in [0.25, 0.3) is 0 Å². The normalized spacial score (nSPS) is 21.9. The van der Waals surface area contributed by atoms with E-state index < -0.39 is 0 Å². The molecule has 1 aromatic rings. The summed E-state index contributed by atoms with van der Waals surface area (Å²) in [6.07, 6.45) is 8.08. The lowest BCUT2D eigenvalue weighted by Crippen LogP contribution is -2.31. The minimum Gasteiger partial charge on any atom is -0.486 e. The Morgan fingerprint density at radius 1 is 1.09 bits per heavy atom. The molecular weight excluding hydrogens is 290 g/mol. The summed E-state index contributed by atoms with van der Waals surface area (Å²) in [6.45, 7) is 1.20. The number of hydrogen-bond donors (Lipinski definition) is 1. The molecule has 0 radical (unpaired) electrons. The van der Waals surface area contributed by atoms with Crippen molar-refractivity contribution in [2.45, 2.75) is 51.0 Å². The van der Waals surface area contributed by atoms with Crippen LogP contribution in [0.4, 0.5) is 0 Å². The van der Waals surface area contributed by atoms with Crippen molar-refractivity contribution in [3.8, 4) is 11.5 Å². The summed E-state index contributed by atoms with van der Waals surface area (Å²) in [4.78, 5) is 12.4. The number of rotatable bonds is 5. The molecule has 1 amide bonds. The molecule has 0 spiro atoms. The van der Waals surface area contributed by atoms with E-state index >= 15 is 0 Å². The van der Waals surface area contributed by atoms with Crippen LogP contribution in [-0.2, 0) is 4.79 Å². The minimum atomic E-state index is 0.125. The summed E-state index contributed by atoms with van der Waals surface area (Å²) in [5.41, 5.74) is 1.15. The molecule has 1 heterocycles. The Bertz CT molecular complexity index is 576. The van der Waals surface area contributed by atoms with Gasteiger partial charge in [0.05, 0.1) is 6.04 Å². The maximum absolute atomic E-state index is 12.4. The number of hydrogen-bond acceptors (Lipinski definition) is 3. The fourth-order valence-corrected chi connectivity index (χ4v) is 3.87. The Morgan fingerprint density at radius 2 is 1.83 bits per heavy atom. The highest BCUT2D eigenvalue weighted by Crippen LogP contribution is 2.43. The van der Waals surface area contributed by atoms with Gasteiger partial charge in [0.2, 0.25) is 5.91 Å². The van der Waals surface area contributed by atoms with Gasteiger partial charge in [-0.1, -0.05) is 18.9 Å². The van der Waals surface area contributed by atoms with E-state index in [0.29, 0.717) is 31.5 Å². The minimum absolute atomic E-state index is 0.125. The van der Waals surface area contributed by atoms with Gasteiger partial charge in [-0.25, -0.2) is 0 Å². The number of amides is 1. The highest BCUT2D eigenvalue weighted by atomic mass is 16.6. The number of benzene rings is 1. The molecule has 0 saturated heterocycles. The van der Waals surface area contributed by atoms with Gasteiger partial charge >= 0.3 is 0 Å². The molecule has 1 N–H and O–H groups in total. The fourth-order valence-electron chi connectivity index (χ4n) is 3.87. The quantitative estimate of drug-likeness (QED) is 0.903. The van der Waals surface area contributed by atoms with E-state index in [-0.39, 0.29) is 11.9 Å². The molecule has 124 valence electrons. The zero-order chi connectivity index (χ0) is 15.6. The highest BCUT2D eigenvalue weighted by Gasteiger charge is 2.34. The predicted octanol–water partition coefficient (Wildman–Crippen LogP) is 3.61. The molecule has 4 heteroatoms. The average molecular weight is 315 g/mol. The van der Waals surface area contributed by atoms with Gasteiger partial charge in [-0.05, 0) is 55.2 Å². The summed E-state index contributed by atoms with van der Waals surface area (Å²) in [6, 6.07) is 6.22. The lowest BCUT2D eigenvalue weighted by atomic mass is 9.99. The van der Waals surface area contributed by atoms with Crippen LogP contribution < -0.4 is 14.8 Å². The fraction of sp³-hybridized carbons (Fsp3) is 0.632. The molecule has 3 aliphatic rings. The van der Waals surface area contributed by atoms with Gasteiger partial charge in [-0.3, -0.25) is 4.79 Å². The van der Waals surface area contributed by atoms with Gasteiger partial charge in [0.1, 0.15) is 13.2 Å². The van der Waals surface area contributed by atoms with Gasteiger partial charge < -0.3 is 14.8 Å². The summed E-state index contributed by atoms with van der Waals surface area (Å²) >= 11 is 0. The van der Waals surface area contributed by atoms with Crippen molar-refractivity contribution in [3.05, 3.63) is 23.8 Å². The Balaban J connectivity index is 1.46. The molecule has 1 unspecified atom stereocenters. The van der Waals surface area contributed by atoms with Crippen molar-refractivity contribution in [2.75, 3.05) is 13.2 Å². The van der Waals surface area contributed by atoms with E-state index in [0.717, 1.165) is 17.1 Å². The molecule has 1 aromatic carbocycles. The second-order valence-electron chi connectivity index (χ2n) is 7.14. The summed E-state index contributed by atoms with van der Waals surface area (Å²) in [5, 5.41) is 3.29. The van der Waals surface area contributed by atoms with Gasteiger partial charge in [-0.2, -0.15) is 0 Å². The van der Waals surface area contributed by atoms with Crippen molar-refractivity contribution in [1.82, 2.24) is 5.32 Å². The average Bonchev–Trinajstić information content (AvgIpc) is 3.29. The first-order chi connectivity index (χ1) is 11.3. The Hall–Kier alpha value is -1.71. The lowest BCUT2D eigenvalue weighted by molar-refractivity contribution is -0.122. The van der Waals surface area contributed by atoms with E-state index in [1.54, 1.807) is 0 Å². The van der Waals surface area contributed by atoms with Crippen molar-refractivity contribution < 1.29 is 14.3 Å². The predicted molar refractivity (Wildman–Crippen MR) is 87.6 cm³/mol. The van der Waals surface area contributed by atoms with E-state index in [1.807, 2.05) is 12.1 Å². The second-order valence-corrected chi connectivity index (χ2v) is 7.14. The maximum Gasteiger partial charge on any atom is 0.220 e. The van der Waals surface area contributed by atoms with Crippen molar-refractivity contribution >= 4 is 5.91 Å². The molecule has 2 saturated carbocycles. The van der Waals surface area contributed by atoms with Gasteiger partial charge in [-0.15, -0.1) is 0 Å². The topological polar surface area (TPSA) is 47.6 Å². The smallest absolute Gasteiger partial charge is 0.220 e. The van der Waals surface area contributed by atoms with Crippen LogP contribution >= 0.6 is 0 Å². The molecule has 1 atom stereocenters. The molecule has 23 heavy (non-hydrogen) atoms. The van der Waals surface area contributed by atoms with Crippen LogP contribution in [0, 0.1) is 11.8 Å². The van der Waals surface area contributed by atoms with E-state index in [2.05, 4.69) is 11.4 Å². The largest absolute Gasteiger partial charge is 0.486 e. The number of nitrogens with one attached hydrogen (secondary N) is 1. The van der Waals surface area contributed by atoms with Gasteiger partial charge in [0.15, 0.2) is 11.5 Å². The van der Waals surface area contributed by atoms with Crippen molar-refractivity contribution in [1.29, 1.82) is 0 Å². The molecule has 4 nitrogen and oxygen atoms in total. The van der Waals surface area contributed by atoms with Crippen molar-refractivity contribution in [2.24, 2.45) is 11.8 Å². The number of carbonyl (C=O) groups excluding carboxylic acids is 1. The summed E-state index contributed by atoms with van der Waals surface area (Å²) in [7, 11) is 0. The first-order valence-electron chi connectivity index (χ1n) is 8.98. The second kappa shape index (κ2) is 6.42. The first-order valence-corrected chi connectivity index (χ1v) is 8.98. The highest BCUT2D eigenvalue weighted by molar-refractivity contribution is 5.77. The van der Waals surface area contributed by atoms with Crippen LogP contribution in [0.1, 0.15) is 56.6 Å². The molecule has 2 aliphatic carbocycles. The Labute approximate surface area is 137 Å². The third-order valence-electron chi connectivity index (χ3n) is 5.28. The first kappa shape index (κ1) is 14.9. The zero-order valence-corrected chi connectivity index (χ0v) is 13.6. The van der Waals surface area contributed by atoms with Crippen LogP contribution in [0.25, 0.3) is 0 Å². The summed E-state index contributed by atoms with van der Waals surface area (Å²) < 4.78 is 11.3. The zero-order valence-electron chi connectivity index (χ0n) is 13.6. The van der Waals surface area contributed by atoms with Crippen LogP contribution in [0.3, 0.4) is 0 Å². The van der Waals surface area contributed by atoms with E-state index in [4.69, 9.17) is 9.47 Å². The van der Waals surface area contributed by atoms with E-state index in [9.17, 15) is 4.79 Å². The Kier molecular flexibility index (Phi) is 4.15. The molecule has 1 aliphatic heterocycles. The molecule has 4 rings (SSSR count). The lowest BCUT2D eigenvalue weighted by Gasteiger charge is -2.23. The van der Waals surface area contributed by atoms with Gasteiger partial charge in [0, 0.05) is 6.42 Å². The third kappa shape index (κ3) is 3.46. The molecule has 0 aromatic heterocycles. The van der Waals surface area contributed by atoms with E-state index in [1.165, 1.54) is 38.5 Å². The molecule has 2 fully saturated rings. The SMILES string of the molecule is O=C(CC1CCCC1)NC(c1ccc2c(c1)OCCO2)C1CC1. The Morgan fingerprint density at radius 3 is 2.57 bits per heavy atom. The third-order valence-corrected chi connectivity index (χ3v) is 5.28. The number of ether oxygens (including phenoxy) is 2. The standard InChI is InChI=1S/C19H25NO3/c21-18(11-13-3-1-2-4-13)20-19(14-5-6-14)15-7-8-16-17(12-15)23-10-9-22-16/h7-8,12-14,19H,1-6,9-11H2,(H,20,21). The number of fused-ring (bicyclic) bond motifs is 1. The monoisotopic (exact) mass is 315 g/mol. The van der Waals surface area contributed by atoms with Crippen LogP contribution in [0.15, 0.2) is 18.2 Å². The molecule has 0 bridgehead atoms. The molecular formula is C19H25NO3. The van der Waals surface area contributed by atoms with Crippen LogP contribution in [0.2, 0.25) is 0 Å². The number of carbonyl (C=O) groups is 1. The summed E-state index contributed by atoms with van der Waals surface area (Å²) in [5.74, 6) is 3.00. The van der Waals surface area contributed by atoms with Crippen molar-refractivity contribution in [3.63, 3.8) is 0 Å². The van der Waals surface area contributed by atoms with Crippen LogP contribution in [-0.4, -0.2) is 19.1 Å². The van der Waals surface area contributed by atoms with Crippen LogP contribution in [0.5, 0.6) is 11.5 Å².